The van der Waals surface area contributed by atoms with Crippen LogP contribution in [0.2, 0.25) is 0 Å². The third-order valence-corrected chi connectivity index (χ3v) is 4.43. The number of ether oxygens (including phenoxy) is 1. The van der Waals surface area contributed by atoms with E-state index in [1.807, 2.05) is 0 Å². The van der Waals surface area contributed by atoms with Crippen LogP contribution in [0.3, 0.4) is 0 Å². The lowest BCUT2D eigenvalue weighted by Crippen LogP contribution is -2.54. The molecule has 1 atom stereocenters. The summed E-state index contributed by atoms with van der Waals surface area (Å²) in [5, 5.41) is 0. The van der Waals surface area contributed by atoms with Crippen LogP contribution in [0.5, 0.6) is 0 Å². The maximum Gasteiger partial charge on any atom is 0.0879 e. The van der Waals surface area contributed by atoms with Gasteiger partial charge < -0.3 is 20.3 Å². The molecule has 2 heterocycles. The zero-order valence-corrected chi connectivity index (χ0v) is 13.2. The van der Waals surface area contributed by atoms with Gasteiger partial charge in [0.1, 0.15) is 0 Å². The van der Waals surface area contributed by atoms with Crippen LogP contribution in [0.15, 0.2) is 24.3 Å². The summed E-state index contributed by atoms with van der Waals surface area (Å²) >= 11 is 0. The monoisotopic (exact) mass is 289 g/mol. The number of hydrogen-bond acceptors (Lipinski definition) is 4. The first-order chi connectivity index (χ1) is 10.1. The molecule has 4 nitrogen and oxygen atoms in total. The average Bonchev–Trinajstić information content (AvgIpc) is 3.00. The van der Waals surface area contributed by atoms with Gasteiger partial charge in [-0.25, -0.2) is 0 Å². The topological polar surface area (TPSA) is 41.7 Å². The van der Waals surface area contributed by atoms with E-state index in [0.717, 1.165) is 13.1 Å². The summed E-state index contributed by atoms with van der Waals surface area (Å²) in [7, 11) is 0. The standard InChI is InChI=1S/C17H27N3O/c1-17(2)13-20(12-16(11-18)21-17)15-7-5-14(6-8-15)19-9-3-4-10-19/h5-8,16H,3-4,9-13,18H2,1-2H3. The second-order valence-electron chi connectivity index (χ2n) is 6.83. The molecule has 2 aliphatic heterocycles. The first-order valence-electron chi connectivity index (χ1n) is 8.05. The molecule has 2 fully saturated rings. The number of nitrogens with zero attached hydrogens (tertiary/aromatic N) is 2. The largest absolute Gasteiger partial charge is 0.372 e. The highest BCUT2D eigenvalue weighted by Crippen LogP contribution is 2.28. The lowest BCUT2D eigenvalue weighted by atomic mass is 10.0. The summed E-state index contributed by atoms with van der Waals surface area (Å²) in [5.74, 6) is 0. The van der Waals surface area contributed by atoms with E-state index in [2.05, 4.69) is 47.9 Å². The van der Waals surface area contributed by atoms with E-state index < -0.39 is 0 Å². The first kappa shape index (κ1) is 14.7. The number of nitrogens with two attached hydrogens (primary N) is 1. The van der Waals surface area contributed by atoms with Crippen molar-refractivity contribution >= 4 is 11.4 Å². The predicted molar refractivity (Wildman–Crippen MR) is 88.1 cm³/mol. The Bertz CT molecular complexity index is 465. The summed E-state index contributed by atoms with van der Waals surface area (Å²) < 4.78 is 6.00. The third-order valence-electron chi connectivity index (χ3n) is 4.43. The van der Waals surface area contributed by atoms with Gasteiger partial charge in [0.15, 0.2) is 0 Å². The number of benzene rings is 1. The summed E-state index contributed by atoms with van der Waals surface area (Å²) in [6, 6.07) is 8.98. The molecule has 0 radical (unpaired) electrons. The molecule has 4 heteroatoms. The highest BCUT2D eigenvalue weighted by Gasteiger charge is 2.32. The van der Waals surface area contributed by atoms with E-state index >= 15 is 0 Å². The lowest BCUT2D eigenvalue weighted by molar-refractivity contribution is -0.0788. The van der Waals surface area contributed by atoms with Crippen molar-refractivity contribution in [3.63, 3.8) is 0 Å². The molecule has 0 aliphatic carbocycles. The van der Waals surface area contributed by atoms with Crippen molar-refractivity contribution in [2.75, 3.05) is 42.5 Å². The van der Waals surface area contributed by atoms with Crippen LogP contribution in [0, 0.1) is 0 Å². The molecule has 2 aliphatic rings. The van der Waals surface area contributed by atoms with E-state index in [1.165, 1.54) is 37.3 Å². The van der Waals surface area contributed by atoms with Gasteiger partial charge in [0, 0.05) is 44.1 Å². The summed E-state index contributed by atoms with van der Waals surface area (Å²) in [4.78, 5) is 4.87. The van der Waals surface area contributed by atoms with Gasteiger partial charge >= 0.3 is 0 Å². The molecule has 0 bridgehead atoms. The van der Waals surface area contributed by atoms with Crippen molar-refractivity contribution in [1.29, 1.82) is 0 Å². The smallest absolute Gasteiger partial charge is 0.0879 e. The van der Waals surface area contributed by atoms with Crippen molar-refractivity contribution in [2.45, 2.75) is 38.4 Å². The average molecular weight is 289 g/mol. The fourth-order valence-corrected chi connectivity index (χ4v) is 3.46. The van der Waals surface area contributed by atoms with Gasteiger partial charge in [0.2, 0.25) is 0 Å². The highest BCUT2D eigenvalue weighted by molar-refractivity contribution is 5.57. The Labute approximate surface area is 127 Å². The Balaban J connectivity index is 1.73. The van der Waals surface area contributed by atoms with Crippen molar-refractivity contribution in [2.24, 2.45) is 5.73 Å². The molecule has 0 aromatic heterocycles. The van der Waals surface area contributed by atoms with Crippen LogP contribution < -0.4 is 15.5 Å². The normalized spacial score (nSPS) is 25.4. The second-order valence-corrected chi connectivity index (χ2v) is 6.83. The highest BCUT2D eigenvalue weighted by atomic mass is 16.5. The van der Waals surface area contributed by atoms with Crippen LogP contribution in [-0.2, 0) is 4.74 Å². The van der Waals surface area contributed by atoms with Crippen LogP contribution in [0.4, 0.5) is 11.4 Å². The molecule has 2 N–H and O–H groups in total. The molecular formula is C17H27N3O. The van der Waals surface area contributed by atoms with Gasteiger partial charge in [0.05, 0.1) is 11.7 Å². The Hall–Kier alpha value is -1.26. The van der Waals surface area contributed by atoms with Gasteiger partial charge in [-0.2, -0.15) is 0 Å². The summed E-state index contributed by atoms with van der Waals surface area (Å²) in [5.41, 5.74) is 8.29. The van der Waals surface area contributed by atoms with Crippen LogP contribution in [0.25, 0.3) is 0 Å². The fourth-order valence-electron chi connectivity index (χ4n) is 3.46. The van der Waals surface area contributed by atoms with E-state index in [-0.39, 0.29) is 11.7 Å². The maximum atomic E-state index is 6.00. The Morgan fingerprint density at radius 3 is 2.24 bits per heavy atom. The predicted octanol–water partition coefficient (Wildman–Crippen LogP) is 2.23. The minimum atomic E-state index is -0.143. The molecule has 1 aromatic carbocycles. The molecule has 21 heavy (non-hydrogen) atoms. The van der Waals surface area contributed by atoms with E-state index in [1.54, 1.807) is 0 Å². The van der Waals surface area contributed by atoms with Crippen molar-refractivity contribution < 1.29 is 4.74 Å². The molecule has 1 unspecified atom stereocenters. The summed E-state index contributed by atoms with van der Waals surface area (Å²) in [6.07, 6.45) is 2.75. The number of anilines is 2. The molecule has 1 aromatic rings. The van der Waals surface area contributed by atoms with Gasteiger partial charge in [-0.1, -0.05) is 0 Å². The maximum absolute atomic E-state index is 6.00. The van der Waals surface area contributed by atoms with Gasteiger partial charge in [-0.05, 0) is 51.0 Å². The Morgan fingerprint density at radius 1 is 1.10 bits per heavy atom. The minimum Gasteiger partial charge on any atom is -0.372 e. The van der Waals surface area contributed by atoms with Crippen molar-refractivity contribution in [3.05, 3.63) is 24.3 Å². The van der Waals surface area contributed by atoms with Crippen LogP contribution >= 0.6 is 0 Å². The fraction of sp³-hybridized carbons (Fsp3) is 0.647. The van der Waals surface area contributed by atoms with Gasteiger partial charge in [-0.15, -0.1) is 0 Å². The van der Waals surface area contributed by atoms with E-state index in [0.29, 0.717) is 6.54 Å². The second kappa shape index (κ2) is 5.85. The number of morpholine rings is 1. The van der Waals surface area contributed by atoms with E-state index in [4.69, 9.17) is 10.5 Å². The molecule has 3 rings (SSSR count). The third kappa shape index (κ3) is 3.33. The van der Waals surface area contributed by atoms with Gasteiger partial charge in [0.25, 0.3) is 0 Å². The molecular weight excluding hydrogens is 262 g/mol. The zero-order chi connectivity index (χ0) is 14.9. The number of rotatable bonds is 3. The lowest BCUT2D eigenvalue weighted by Gasteiger charge is -2.43. The minimum absolute atomic E-state index is 0.118. The van der Waals surface area contributed by atoms with E-state index in [9.17, 15) is 0 Å². The van der Waals surface area contributed by atoms with Crippen LogP contribution in [0.1, 0.15) is 26.7 Å². The Morgan fingerprint density at radius 2 is 1.67 bits per heavy atom. The summed E-state index contributed by atoms with van der Waals surface area (Å²) in [6.45, 7) is 9.03. The quantitative estimate of drug-likeness (QED) is 0.926. The molecule has 0 amide bonds. The molecule has 116 valence electrons. The zero-order valence-electron chi connectivity index (χ0n) is 13.2. The molecule has 0 spiro atoms. The van der Waals surface area contributed by atoms with Crippen molar-refractivity contribution in [1.82, 2.24) is 0 Å². The first-order valence-corrected chi connectivity index (χ1v) is 8.05. The van der Waals surface area contributed by atoms with Crippen LogP contribution in [-0.4, -0.2) is 44.4 Å². The molecule has 2 saturated heterocycles. The van der Waals surface area contributed by atoms with Gasteiger partial charge in [-0.3, -0.25) is 0 Å². The number of hydrogen-bond donors (Lipinski definition) is 1. The van der Waals surface area contributed by atoms with Crippen molar-refractivity contribution in [3.8, 4) is 0 Å². The Kier molecular flexibility index (Phi) is 4.09. The molecule has 0 saturated carbocycles. The SMILES string of the molecule is CC1(C)CN(c2ccc(N3CCCC3)cc2)CC(CN)O1.